The van der Waals surface area contributed by atoms with Crippen LogP contribution in [0.15, 0.2) is 33.6 Å². The van der Waals surface area contributed by atoms with Gasteiger partial charge < -0.3 is 10.2 Å². The topological polar surface area (TPSA) is 94.3 Å². The number of rotatable bonds is 4. The molecule has 5 N–H and O–H groups in total. The third-order valence-electron chi connectivity index (χ3n) is 2.88. The largest absolute Gasteiger partial charge is 0.465 e. The van der Waals surface area contributed by atoms with Gasteiger partial charge in [0, 0.05) is 10.6 Å². The summed E-state index contributed by atoms with van der Waals surface area (Å²) in [6.07, 6.45) is 0. The van der Waals surface area contributed by atoms with Crippen LogP contribution in [0.2, 0.25) is 0 Å². The summed E-state index contributed by atoms with van der Waals surface area (Å²) in [4.78, 5) is 12.5. The second-order valence-corrected chi connectivity index (χ2v) is 5.50. The minimum atomic E-state index is -0.350. The maximum atomic E-state index is 11.5. The Kier molecular flexibility index (Phi) is 4.36. The summed E-state index contributed by atoms with van der Waals surface area (Å²) in [7, 11) is 0. The first-order valence-electron chi connectivity index (χ1n) is 6.10. The molecule has 0 saturated heterocycles. The highest BCUT2D eigenvalue weighted by Crippen LogP contribution is 2.30. The number of benzene rings is 1. The van der Waals surface area contributed by atoms with Gasteiger partial charge >= 0.3 is 0 Å². The normalized spacial score (nSPS) is 10.6. The van der Waals surface area contributed by atoms with E-state index in [0.29, 0.717) is 22.8 Å². The quantitative estimate of drug-likeness (QED) is 0.264. The van der Waals surface area contributed by atoms with Crippen LogP contribution >= 0.6 is 11.8 Å². The number of nitrogen functional groups attached to an aromatic ring is 2. The number of hydrogen-bond acceptors (Lipinski definition) is 5. The minimum absolute atomic E-state index is 0.350. The first kappa shape index (κ1) is 14.5. The number of nitrogens with two attached hydrogens (primary N) is 2. The van der Waals surface area contributed by atoms with Gasteiger partial charge in [-0.1, -0.05) is 6.07 Å². The number of hydrazine groups is 1. The third kappa shape index (κ3) is 3.15. The molecular weight excluding hydrogens is 274 g/mol. The molecule has 2 rings (SSSR count). The minimum Gasteiger partial charge on any atom is -0.465 e. The maximum absolute atomic E-state index is 11.5. The Morgan fingerprint density at radius 3 is 2.75 bits per heavy atom. The molecule has 0 aliphatic rings. The summed E-state index contributed by atoms with van der Waals surface area (Å²) in [6, 6.07) is 7.63. The van der Waals surface area contributed by atoms with E-state index in [2.05, 4.69) is 5.43 Å². The molecule has 1 amide bonds. The van der Waals surface area contributed by atoms with Crippen molar-refractivity contribution < 1.29 is 9.21 Å². The Morgan fingerprint density at radius 1 is 1.35 bits per heavy atom. The van der Waals surface area contributed by atoms with E-state index in [1.165, 1.54) is 0 Å². The van der Waals surface area contributed by atoms with Gasteiger partial charge in [0.25, 0.3) is 5.91 Å². The van der Waals surface area contributed by atoms with Crippen LogP contribution < -0.4 is 17.0 Å². The van der Waals surface area contributed by atoms with Crippen molar-refractivity contribution in [2.45, 2.75) is 24.5 Å². The zero-order chi connectivity index (χ0) is 14.7. The number of hydrogen-bond donors (Lipinski definition) is 3. The van der Waals surface area contributed by atoms with Crippen LogP contribution in [0.3, 0.4) is 0 Å². The molecule has 0 saturated carbocycles. The summed E-state index contributed by atoms with van der Waals surface area (Å²) in [6.45, 7) is 3.73. The van der Waals surface area contributed by atoms with Crippen LogP contribution in [0, 0.1) is 13.8 Å². The van der Waals surface area contributed by atoms with Crippen molar-refractivity contribution >= 4 is 23.4 Å². The van der Waals surface area contributed by atoms with Gasteiger partial charge in [-0.05, 0) is 37.6 Å². The first-order chi connectivity index (χ1) is 9.51. The fraction of sp³-hybridized carbons (Fsp3) is 0.214. The number of carbonyl (C=O) groups is 1. The van der Waals surface area contributed by atoms with E-state index >= 15 is 0 Å². The Bertz CT molecular complexity index is 637. The molecule has 0 spiro atoms. The molecule has 1 aromatic carbocycles. The predicted molar refractivity (Wildman–Crippen MR) is 80.3 cm³/mol. The van der Waals surface area contributed by atoms with Gasteiger partial charge in [-0.3, -0.25) is 10.2 Å². The van der Waals surface area contributed by atoms with E-state index in [-0.39, 0.29) is 5.91 Å². The van der Waals surface area contributed by atoms with Gasteiger partial charge in [-0.2, -0.15) is 0 Å². The number of anilines is 1. The molecule has 106 valence electrons. The Morgan fingerprint density at radius 2 is 2.10 bits per heavy atom. The molecule has 0 atom stereocenters. The maximum Gasteiger partial charge on any atom is 0.268 e. The highest BCUT2D eigenvalue weighted by Gasteiger charge is 2.14. The highest BCUT2D eigenvalue weighted by atomic mass is 32.2. The van der Waals surface area contributed by atoms with Crippen LogP contribution in [0.1, 0.15) is 27.4 Å². The average molecular weight is 291 g/mol. The summed E-state index contributed by atoms with van der Waals surface area (Å²) in [5.41, 5.74) is 10.4. The van der Waals surface area contributed by atoms with Gasteiger partial charge in [0.2, 0.25) is 0 Å². The molecule has 0 fully saturated rings. The number of aryl methyl sites for hydroxylation is 2. The molecule has 0 aliphatic heterocycles. The van der Waals surface area contributed by atoms with Crippen LogP contribution in [0.5, 0.6) is 0 Å². The van der Waals surface area contributed by atoms with Gasteiger partial charge in [0.15, 0.2) is 0 Å². The van der Waals surface area contributed by atoms with E-state index in [0.717, 1.165) is 16.1 Å². The van der Waals surface area contributed by atoms with Gasteiger partial charge in [0.05, 0.1) is 11.3 Å². The van der Waals surface area contributed by atoms with Crippen molar-refractivity contribution in [2.24, 2.45) is 5.84 Å². The van der Waals surface area contributed by atoms with Crippen LogP contribution in [0.4, 0.5) is 5.69 Å². The Labute approximate surface area is 121 Å². The van der Waals surface area contributed by atoms with Crippen molar-refractivity contribution in [1.82, 2.24) is 5.43 Å². The van der Waals surface area contributed by atoms with Gasteiger partial charge in [-0.25, -0.2) is 5.84 Å². The lowest BCUT2D eigenvalue weighted by molar-refractivity contribution is 0.0952. The molecule has 0 aliphatic carbocycles. The fourth-order valence-corrected chi connectivity index (χ4v) is 2.70. The molecule has 1 aromatic heterocycles. The van der Waals surface area contributed by atoms with Crippen molar-refractivity contribution in [2.75, 3.05) is 5.73 Å². The lowest BCUT2D eigenvalue weighted by Crippen LogP contribution is -2.30. The second-order valence-electron chi connectivity index (χ2n) is 4.49. The monoisotopic (exact) mass is 291 g/mol. The van der Waals surface area contributed by atoms with E-state index in [9.17, 15) is 4.79 Å². The number of thioether (sulfide) groups is 1. The SMILES string of the molecule is Cc1ccc(SCc2cc(C(=O)NN)c(C)o2)c(N)c1. The van der Waals surface area contributed by atoms with E-state index in [4.69, 9.17) is 16.0 Å². The molecule has 0 bridgehead atoms. The predicted octanol–water partition coefficient (Wildman–Crippen LogP) is 2.37. The fourth-order valence-electron chi connectivity index (χ4n) is 1.87. The van der Waals surface area contributed by atoms with Gasteiger partial charge in [0.1, 0.15) is 11.5 Å². The van der Waals surface area contributed by atoms with Crippen LogP contribution in [-0.2, 0) is 5.75 Å². The molecule has 6 heteroatoms. The van der Waals surface area contributed by atoms with E-state index < -0.39 is 0 Å². The van der Waals surface area contributed by atoms with Crippen molar-refractivity contribution in [3.8, 4) is 0 Å². The average Bonchev–Trinajstić information content (AvgIpc) is 2.78. The molecular formula is C14H17N3O2S. The molecule has 5 nitrogen and oxygen atoms in total. The van der Waals surface area contributed by atoms with E-state index in [1.807, 2.05) is 25.1 Å². The first-order valence-corrected chi connectivity index (χ1v) is 7.09. The smallest absolute Gasteiger partial charge is 0.268 e. The number of furan rings is 1. The number of amides is 1. The Hall–Kier alpha value is -1.92. The number of carbonyl (C=O) groups excluding carboxylic acids is 1. The van der Waals surface area contributed by atoms with Crippen LogP contribution in [-0.4, -0.2) is 5.91 Å². The molecule has 0 unspecified atom stereocenters. The molecule has 0 radical (unpaired) electrons. The third-order valence-corrected chi connectivity index (χ3v) is 3.99. The molecule has 20 heavy (non-hydrogen) atoms. The molecule has 1 heterocycles. The number of nitrogens with one attached hydrogen (secondary N) is 1. The highest BCUT2D eigenvalue weighted by molar-refractivity contribution is 7.98. The summed E-state index contributed by atoms with van der Waals surface area (Å²) >= 11 is 1.57. The standard InChI is InChI=1S/C14H17N3O2S/c1-8-3-4-13(12(15)5-8)20-7-10-6-11(9(2)19-10)14(18)17-16/h3-6H,7,15-16H2,1-2H3,(H,17,18). The van der Waals surface area contributed by atoms with Crippen molar-refractivity contribution in [1.29, 1.82) is 0 Å². The molecule has 2 aromatic rings. The second kappa shape index (κ2) is 6.02. The van der Waals surface area contributed by atoms with Crippen molar-refractivity contribution in [3.63, 3.8) is 0 Å². The Balaban J connectivity index is 2.09. The summed E-state index contributed by atoms with van der Waals surface area (Å²) in [5.74, 6) is 6.64. The lowest BCUT2D eigenvalue weighted by Gasteiger charge is -2.04. The van der Waals surface area contributed by atoms with Crippen LogP contribution in [0.25, 0.3) is 0 Å². The van der Waals surface area contributed by atoms with Crippen molar-refractivity contribution in [3.05, 3.63) is 46.9 Å². The van der Waals surface area contributed by atoms with Gasteiger partial charge in [-0.15, -0.1) is 11.8 Å². The summed E-state index contributed by atoms with van der Waals surface area (Å²) in [5, 5.41) is 0. The lowest BCUT2D eigenvalue weighted by atomic mass is 10.2. The zero-order valence-electron chi connectivity index (χ0n) is 11.4. The van der Waals surface area contributed by atoms with E-state index in [1.54, 1.807) is 24.8 Å². The summed E-state index contributed by atoms with van der Waals surface area (Å²) < 4.78 is 5.54. The zero-order valence-corrected chi connectivity index (χ0v) is 12.2.